The Morgan fingerprint density at radius 1 is 1.06 bits per heavy atom. The zero-order valence-electron chi connectivity index (χ0n) is 19.5. The van der Waals surface area contributed by atoms with Crippen LogP contribution in [0.4, 0.5) is 21.8 Å². The topological polar surface area (TPSA) is 83.0 Å². The minimum atomic E-state index is -0.612. The molecule has 5 rings (SSSR count). The van der Waals surface area contributed by atoms with Gasteiger partial charge in [0.2, 0.25) is 5.95 Å². The van der Waals surface area contributed by atoms with Crippen LogP contribution in [-0.4, -0.2) is 40.0 Å². The second kappa shape index (κ2) is 10.1. The summed E-state index contributed by atoms with van der Waals surface area (Å²) in [6, 6.07) is 14.0. The number of carbonyl (C=O) groups excluding carboxylic acids is 1. The number of hydrogen-bond acceptors (Lipinski definition) is 6. The molecule has 1 amide bonds. The second-order valence-electron chi connectivity index (χ2n) is 8.73. The van der Waals surface area contributed by atoms with Crippen molar-refractivity contribution in [2.75, 3.05) is 23.3 Å². The molecule has 1 fully saturated rings. The molecule has 178 valence electrons. The summed E-state index contributed by atoms with van der Waals surface area (Å²) in [6.07, 6.45) is 7.74. The van der Waals surface area contributed by atoms with E-state index in [-0.39, 0.29) is 11.6 Å². The van der Waals surface area contributed by atoms with Crippen LogP contribution < -0.4 is 15.5 Å². The number of nitrogens with one attached hydrogen (secondary N) is 2. The highest BCUT2D eigenvalue weighted by atomic mass is 19.1. The highest BCUT2D eigenvalue weighted by Crippen LogP contribution is 2.32. The third kappa shape index (κ3) is 4.83. The standard InChI is InChI=1S/C27H27FN6O/c1-18-6-4-7-19-11-15-30-25(24(18)19)34(21-8-2-3-12-29-17-21)26(35)22-10-9-20(16-23(22)28)33-27-31-13-5-14-32-27/h4-7,9-11,13-16,21,29H,2-3,8,12,17H2,1H3,(H,31,32,33)/t21-/m1/s1. The third-order valence-electron chi connectivity index (χ3n) is 6.33. The maximum Gasteiger partial charge on any atom is 0.262 e. The van der Waals surface area contributed by atoms with Gasteiger partial charge in [-0.15, -0.1) is 0 Å². The van der Waals surface area contributed by atoms with E-state index < -0.39 is 11.7 Å². The normalized spacial score (nSPS) is 16.0. The molecule has 35 heavy (non-hydrogen) atoms. The summed E-state index contributed by atoms with van der Waals surface area (Å²) in [6.45, 7) is 3.54. The molecule has 2 aromatic carbocycles. The van der Waals surface area contributed by atoms with Gasteiger partial charge in [-0.25, -0.2) is 19.3 Å². The minimum Gasteiger partial charge on any atom is -0.324 e. The monoisotopic (exact) mass is 470 g/mol. The molecule has 8 heteroatoms. The van der Waals surface area contributed by atoms with E-state index in [0.717, 1.165) is 42.1 Å². The van der Waals surface area contributed by atoms with E-state index in [4.69, 9.17) is 0 Å². The highest BCUT2D eigenvalue weighted by molar-refractivity contribution is 6.11. The Balaban J connectivity index is 1.55. The number of aromatic nitrogens is 3. The summed E-state index contributed by atoms with van der Waals surface area (Å²) in [4.78, 5) is 28.5. The maximum absolute atomic E-state index is 15.4. The number of amides is 1. The van der Waals surface area contributed by atoms with Crippen LogP contribution >= 0.6 is 0 Å². The highest BCUT2D eigenvalue weighted by Gasteiger charge is 2.31. The van der Waals surface area contributed by atoms with Crippen molar-refractivity contribution in [3.05, 3.63) is 84.1 Å². The van der Waals surface area contributed by atoms with Gasteiger partial charge in [-0.05, 0) is 67.6 Å². The first-order valence-corrected chi connectivity index (χ1v) is 11.8. The number of benzene rings is 2. The summed E-state index contributed by atoms with van der Waals surface area (Å²) in [5.74, 6) is -0.0902. The smallest absolute Gasteiger partial charge is 0.262 e. The van der Waals surface area contributed by atoms with Crippen molar-refractivity contribution in [1.82, 2.24) is 20.3 Å². The molecule has 0 saturated carbocycles. The summed E-state index contributed by atoms with van der Waals surface area (Å²) < 4.78 is 15.4. The predicted molar refractivity (Wildman–Crippen MR) is 136 cm³/mol. The molecule has 0 spiro atoms. The number of rotatable bonds is 5. The van der Waals surface area contributed by atoms with Crippen molar-refractivity contribution in [2.45, 2.75) is 32.2 Å². The summed E-state index contributed by atoms with van der Waals surface area (Å²) in [5.41, 5.74) is 1.49. The van der Waals surface area contributed by atoms with Crippen LogP contribution in [0.3, 0.4) is 0 Å². The van der Waals surface area contributed by atoms with E-state index in [1.54, 1.807) is 35.6 Å². The number of anilines is 3. The van der Waals surface area contributed by atoms with Crippen molar-refractivity contribution >= 4 is 34.1 Å². The van der Waals surface area contributed by atoms with E-state index in [1.165, 1.54) is 12.1 Å². The first-order chi connectivity index (χ1) is 17.1. The van der Waals surface area contributed by atoms with Crippen molar-refractivity contribution in [1.29, 1.82) is 0 Å². The largest absolute Gasteiger partial charge is 0.324 e. The molecule has 4 aromatic rings. The molecule has 0 unspecified atom stereocenters. The van der Waals surface area contributed by atoms with Crippen LogP contribution in [0.1, 0.15) is 35.2 Å². The lowest BCUT2D eigenvalue weighted by Crippen LogP contribution is -2.46. The van der Waals surface area contributed by atoms with Gasteiger partial charge in [0.15, 0.2) is 0 Å². The Labute approximate surface area is 203 Å². The maximum atomic E-state index is 15.4. The fourth-order valence-electron chi connectivity index (χ4n) is 4.62. The molecule has 2 N–H and O–H groups in total. The first kappa shape index (κ1) is 22.9. The van der Waals surface area contributed by atoms with Crippen LogP contribution in [0.25, 0.3) is 10.8 Å². The SMILES string of the molecule is Cc1cccc2ccnc(N(C(=O)c3ccc(Nc4ncccn4)cc3F)[C@@H]3CCCCNC3)c12. The lowest BCUT2D eigenvalue weighted by molar-refractivity contribution is 0.0971. The van der Waals surface area contributed by atoms with Gasteiger partial charge >= 0.3 is 0 Å². The molecule has 1 aliphatic heterocycles. The van der Waals surface area contributed by atoms with Crippen LogP contribution in [0.15, 0.2) is 67.1 Å². The van der Waals surface area contributed by atoms with Crippen LogP contribution in [0.2, 0.25) is 0 Å². The van der Waals surface area contributed by atoms with E-state index in [1.807, 2.05) is 31.2 Å². The Bertz CT molecular complexity index is 1330. The van der Waals surface area contributed by atoms with Crippen molar-refractivity contribution in [2.24, 2.45) is 0 Å². The first-order valence-electron chi connectivity index (χ1n) is 11.8. The van der Waals surface area contributed by atoms with Gasteiger partial charge in [0.1, 0.15) is 11.6 Å². The molecule has 0 radical (unpaired) electrons. The average molecular weight is 471 g/mol. The Kier molecular flexibility index (Phi) is 6.63. The van der Waals surface area contributed by atoms with Gasteiger partial charge in [-0.1, -0.05) is 24.6 Å². The van der Waals surface area contributed by atoms with E-state index in [0.29, 0.717) is 24.0 Å². The minimum absolute atomic E-state index is 0.00108. The van der Waals surface area contributed by atoms with Crippen molar-refractivity contribution in [3.8, 4) is 0 Å². The van der Waals surface area contributed by atoms with Crippen LogP contribution in [0, 0.1) is 12.7 Å². The van der Waals surface area contributed by atoms with Crippen molar-refractivity contribution in [3.63, 3.8) is 0 Å². The van der Waals surface area contributed by atoms with Crippen molar-refractivity contribution < 1.29 is 9.18 Å². The quantitative estimate of drug-likeness (QED) is 0.427. The Morgan fingerprint density at radius 3 is 2.74 bits per heavy atom. The number of halogens is 1. The molecule has 0 bridgehead atoms. The number of aryl methyl sites for hydroxylation is 1. The van der Waals surface area contributed by atoms with E-state index in [2.05, 4.69) is 25.6 Å². The van der Waals surface area contributed by atoms with Gasteiger partial charge in [0, 0.05) is 36.2 Å². The zero-order chi connectivity index (χ0) is 24.2. The fraction of sp³-hybridized carbons (Fsp3) is 0.259. The summed E-state index contributed by atoms with van der Waals surface area (Å²) in [5, 5.41) is 8.30. The average Bonchev–Trinajstić information content (AvgIpc) is 3.14. The lowest BCUT2D eigenvalue weighted by atomic mass is 10.0. The Morgan fingerprint density at radius 2 is 1.91 bits per heavy atom. The second-order valence-corrected chi connectivity index (χ2v) is 8.73. The van der Waals surface area contributed by atoms with Gasteiger partial charge < -0.3 is 10.6 Å². The molecular formula is C27H27FN6O. The van der Waals surface area contributed by atoms with Gasteiger partial charge in [0.05, 0.1) is 11.6 Å². The zero-order valence-corrected chi connectivity index (χ0v) is 19.5. The third-order valence-corrected chi connectivity index (χ3v) is 6.33. The summed E-state index contributed by atoms with van der Waals surface area (Å²) in [7, 11) is 0. The molecule has 1 aliphatic rings. The summed E-state index contributed by atoms with van der Waals surface area (Å²) >= 11 is 0. The van der Waals surface area contributed by atoms with Crippen LogP contribution in [0.5, 0.6) is 0 Å². The molecule has 2 aromatic heterocycles. The predicted octanol–water partition coefficient (Wildman–Crippen LogP) is 5.00. The molecule has 0 aliphatic carbocycles. The van der Waals surface area contributed by atoms with E-state index in [9.17, 15) is 4.79 Å². The number of carbonyl (C=O) groups is 1. The van der Waals surface area contributed by atoms with Gasteiger partial charge in [-0.2, -0.15) is 0 Å². The lowest BCUT2D eigenvalue weighted by Gasteiger charge is -2.31. The molecule has 7 nitrogen and oxygen atoms in total. The molecule has 1 atom stereocenters. The Hall–Kier alpha value is -3.91. The van der Waals surface area contributed by atoms with Crippen LogP contribution in [-0.2, 0) is 0 Å². The fourth-order valence-corrected chi connectivity index (χ4v) is 4.62. The molecular weight excluding hydrogens is 443 g/mol. The molecule has 1 saturated heterocycles. The number of nitrogens with zero attached hydrogens (tertiary/aromatic N) is 4. The van der Waals surface area contributed by atoms with Gasteiger partial charge in [-0.3, -0.25) is 9.69 Å². The van der Waals surface area contributed by atoms with E-state index >= 15 is 4.39 Å². The number of fused-ring (bicyclic) bond motifs is 1. The molecule has 3 heterocycles. The number of hydrogen-bond donors (Lipinski definition) is 2. The number of pyridine rings is 1. The van der Waals surface area contributed by atoms with Gasteiger partial charge in [0.25, 0.3) is 5.91 Å².